The Bertz CT molecular complexity index is 947. The zero-order chi connectivity index (χ0) is 20.6. The van der Waals surface area contributed by atoms with Gasteiger partial charge in [-0.1, -0.05) is 17.7 Å². The lowest BCUT2D eigenvalue weighted by Crippen LogP contribution is -2.59. The zero-order valence-corrected chi connectivity index (χ0v) is 18.0. The molecule has 0 spiro atoms. The lowest BCUT2D eigenvalue weighted by atomic mass is 9.97. The van der Waals surface area contributed by atoms with Gasteiger partial charge in [0.2, 0.25) is 5.91 Å². The third kappa shape index (κ3) is 4.13. The first-order valence-electron chi connectivity index (χ1n) is 9.79. The Labute approximate surface area is 179 Å². The van der Waals surface area contributed by atoms with Gasteiger partial charge in [-0.05, 0) is 61.7 Å². The molecule has 2 aromatic rings. The minimum Gasteiger partial charge on any atom is -0.369 e. The van der Waals surface area contributed by atoms with Crippen molar-refractivity contribution in [1.82, 2.24) is 10.2 Å². The fraction of sp³-hybridized carbons (Fsp3) is 0.429. The van der Waals surface area contributed by atoms with E-state index in [4.69, 9.17) is 17.3 Å². The second-order valence-electron chi connectivity index (χ2n) is 7.93. The summed E-state index contributed by atoms with van der Waals surface area (Å²) >= 11 is 7.12. The number of hydrogen-bond acceptors (Lipinski definition) is 5. The molecular formula is C21H25ClN4O2S. The summed E-state index contributed by atoms with van der Waals surface area (Å²) in [5, 5.41) is 2.89. The van der Waals surface area contributed by atoms with Crippen molar-refractivity contribution in [3.05, 3.63) is 50.7 Å². The number of nitrogens with one attached hydrogen (secondary N) is 1. The van der Waals surface area contributed by atoms with Gasteiger partial charge in [-0.15, -0.1) is 11.3 Å². The molecular weight excluding hydrogens is 408 g/mol. The van der Waals surface area contributed by atoms with E-state index in [1.807, 2.05) is 0 Å². The maximum Gasteiger partial charge on any atom is 0.262 e. The van der Waals surface area contributed by atoms with Crippen LogP contribution in [0.4, 0.5) is 5.69 Å². The van der Waals surface area contributed by atoms with E-state index in [0.29, 0.717) is 28.7 Å². The van der Waals surface area contributed by atoms with Crippen molar-refractivity contribution < 1.29 is 9.59 Å². The molecule has 1 unspecified atom stereocenters. The maximum absolute atomic E-state index is 12.6. The smallest absolute Gasteiger partial charge is 0.262 e. The molecule has 1 atom stereocenters. The second kappa shape index (κ2) is 7.97. The Hall–Kier alpha value is -2.09. The number of thiophene rings is 1. The van der Waals surface area contributed by atoms with Gasteiger partial charge in [0, 0.05) is 25.3 Å². The van der Waals surface area contributed by atoms with Gasteiger partial charge in [-0.2, -0.15) is 0 Å². The van der Waals surface area contributed by atoms with Crippen molar-refractivity contribution in [2.75, 3.05) is 38.1 Å². The number of anilines is 1. The largest absolute Gasteiger partial charge is 0.369 e. The summed E-state index contributed by atoms with van der Waals surface area (Å²) in [6.45, 7) is 3.14. The summed E-state index contributed by atoms with van der Waals surface area (Å²) < 4.78 is 0.534. The highest BCUT2D eigenvalue weighted by molar-refractivity contribution is 7.18. The molecule has 0 saturated carbocycles. The molecule has 0 radical (unpaired) electrons. The molecule has 29 heavy (non-hydrogen) atoms. The standard InChI is InChI=1S/C21H25ClN4O2S/c1-25-9-6-14-2-3-16(12-15(14)7-10-25)26-11-8-21(13-26,20(23)28)24-19(27)17-4-5-18(22)29-17/h2-5,12H,6-11,13H2,1H3,(H2,23,28)(H,24,27). The van der Waals surface area contributed by atoms with E-state index in [1.165, 1.54) is 22.5 Å². The van der Waals surface area contributed by atoms with Crippen LogP contribution >= 0.6 is 22.9 Å². The molecule has 0 bridgehead atoms. The number of primary amides is 1. The average molecular weight is 433 g/mol. The summed E-state index contributed by atoms with van der Waals surface area (Å²) in [5.74, 6) is -0.820. The summed E-state index contributed by atoms with van der Waals surface area (Å²) in [4.78, 5) is 29.9. The van der Waals surface area contributed by atoms with Crippen LogP contribution < -0.4 is 16.0 Å². The van der Waals surface area contributed by atoms with Gasteiger partial charge in [-0.25, -0.2) is 0 Å². The quantitative estimate of drug-likeness (QED) is 0.777. The Morgan fingerprint density at radius 2 is 1.90 bits per heavy atom. The normalized spacial score (nSPS) is 22.2. The van der Waals surface area contributed by atoms with E-state index in [1.54, 1.807) is 12.1 Å². The first kappa shape index (κ1) is 20.2. The van der Waals surface area contributed by atoms with Crippen LogP contribution in [-0.4, -0.2) is 55.5 Å². The topological polar surface area (TPSA) is 78.7 Å². The van der Waals surface area contributed by atoms with Gasteiger partial charge < -0.3 is 20.9 Å². The number of carbonyl (C=O) groups excluding carboxylic acids is 2. The van der Waals surface area contributed by atoms with Crippen LogP contribution in [0.1, 0.15) is 27.2 Å². The van der Waals surface area contributed by atoms with Crippen molar-refractivity contribution >= 4 is 40.4 Å². The Kier molecular flexibility index (Phi) is 5.55. The number of rotatable bonds is 4. The van der Waals surface area contributed by atoms with Crippen molar-refractivity contribution in [1.29, 1.82) is 0 Å². The number of nitrogens with two attached hydrogens (primary N) is 1. The highest BCUT2D eigenvalue weighted by Gasteiger charge is 2.45. The SMILES string of the molecule is CN1CCc2ccc(N3CCC(NC(=O)c4ccc(Cl)s4)(C(N)=O)C3)cc2CC1. The molecule has 1 aromatic carbocycles. The van der Waals surface area contributed by atoms with Crippen LogP contribution in [0.15, 0.2) is 30.3 Å². The lowest BCUT2D eigenvalue weighted by molar-refractivity contribution is -0.123. The molecule has 1 aromatic heterocycles. The minimum absolute atomic E-state index is 0.312. The fourth-order valence-corrected chi connectivity index (χ4v) is 5.07. The van der Waals surface area contributed by atoms with Crippen molar-refractivity contribution in [2.24, 2.45) is 5.73 Å². The van der Waals surface area contributed by atoms with E-state index >= 15 is 0 Å². The van der Waals surface area contributed by atoms with Crippen LogP contribution in [0.2, 0.25) is 4.34 Å². The Morgan fingerprint density at radius 1 is 1.14 bits per heavy atom. The maximum atomic E-state index is 12.6. The van der Waals surface area contributed by atoms with Gasteiger partial charge in [0.25, 0.3) is 5.91 Å². The third-order valence-corrected chi connectivity index (χ3v) is 7.20. The summed E-state index contributed by atoms with van der Waals surface area (Å²) in [7, 11) is 2.15. The van der Waals surface area contributed by atoms with Crippen LogP contribution in [0, 0.1) is 0 Å². The van der Waals surface area contributed by atoms with Crippen LogP contribution in [0.5, 0.6) is 0 Å². The lowest BCUT2D eigenvalue weighted by Gasteiger charge is -2.28. The molecule has 2 amide bonds. The van der Waals surface area contributed by atoms with E-state index in [9.17, 15) is 9.59 Å². The number of nitrogens with zero attached hydrogens (tertiary/aromatic N) is 2. The molecule has 2 aliphatic rings. The van der Waals surface area contributed by atoms with Gasteiger partial charge in [0.15, 0.2) is 0 Å². The number of amides is 2. The number of benzene rings is 1. The van der Waals surface area contributed by atoms with Gasteiger partial charge in [0.05, 0.1) is 15.8 Å². The van der Waals surface area contributed by atoms with Crippen LogP contribution in [0.25, 0.3) is 0 Å². The van der Waals surface area contributed by atoms with Gasteiger partial charge in [0.1, 0.15) is 5.54 Å². The molecule has 6 nitrogen and oxygen atoms in total. The predicted octanol–water partition coefficient (Wildman–Crippen LogP) is 2.30. The van der Waals surface area contributed by atoms with Gasteiger partial charge >= 0.3 is 0 Å². The van der Waals surface area contributed by atoms with Crippen LogP contribution in [-0.2, 0) is 17.6 Å². The zero-order valence-electron chi connectivity index (χ0n) is 16.4. The van der Waals surface area contributed by atoms with E-state index in [-0.39, 0.29) is 5.91 Å². The molecule has 0 aliphatic carbocycles. The number of halogens is 1. The monoisotopic (exact) mass is 432 g/mol. The number of fused-ring (bicyclic) bond motifs is 1. The molecule has 3 heterocycles. The molecule has 8 heteroatoms. The van der Waals surface area contributed by atoms with Crippen molar-refractivity contribution in [3.63, 3.8) is 0 Å². The first-order valence-corrected chi connectivity index (χ1v) is 11.0. The molecule has 1 fully saturated rings. The average Bonchev–Trinajstić information content (AvgIpc) is 3.27. The fourth-order valence-electron chi connectivity index (χ4n) is 4.13. The van der Waals surface area contributed by atoms with Crippen molar-refractivity contribution in [2.45, 2.75) is 24.8 Å². The highest BCUT2D eigenvalue weighted by atomic mass is 35.5. The number of likely N-dealkylation sites (N-methyl/N-ethyl adjacent to an activating group) is 1. The predicted molar refractivity (Wildman–Crippen MR) is 117 cm³/mol. The highest BCUT2D eigenvalue weighted by Crippen LogP contribution is 2.30. The van der Waals surface area contributed by atoms with Gasteiger partial charge in [-0.3, -0.25) is 9.59 Å². The summed E-state index contributed by atoms with van der Waals surface area (Å²) in [5.41, 5.74) is 8.49. The summed E-state index contributed by atoms with van der Waals surface area (Å²) in [6.07, 6.45) is 2.55. The number of carbonyl (C=O) groups is 2. The summed E-state index contributed by atoms with van der Waals surface area (Å²) in [6, 6.07) is 9.87. The van der Waals surface area contributed by atoms with E-state index in [0.717, 1.165) is 31.6 Å². The first-order chi connectivity index (χ1) is 13.9. The van der Waals surface area contributed by atoms with Crippen molar-refractivity contribution in [3.8, 4) is 0 Å². The number of hydrogen-bond donors (Lipinski definition) is 2. The Balaban J connectivity index is 1.53. The van der Waals surface area contributed by atoms with E-state index < -0.39 is 11.4 Å². The minimum atomic E-state index is -1.08. The molecule has 3 N–H and O–H groups in total. The van der Waals surface area contributed by atoms with E-state index in [2.05, 4.69) is 40.4 Å². The van der Waals surface area contributed by atoms with Crippen LogP contribution in [0.3, 0.4) is 0 Å². The molecule has 2 aliphatic heterocycles. The molecule has 154 valence electrons. The third-order valence-electron chi connectivity index (χ3n) is 5.97. The Morgan fingerprint density at radius 3 is 2.59 bits per heavy atom. The second-order valence-corrected chi connectivity index (χ2v) is 9.65. The molecule has 4 rings (SSSR count). The molecule has 1 saturated heterocycles.